The second kappa shape index (κ2) is 11.1. The van der Waals surface area contributed by atoms with Crippen LogP contribution in [0.5, 0.6) is 0 Å². The molecule has 0 amide bonds. The minimum absolute atomic E-state index is 0.919. The second-order valence-electron chi connectivity index (χ2n) is 13.9. The van der Waals surface area contributed by atoms with Crippen LogP contribution in [0.1, 0.15) is 0 Å². The minimum atomic E-state index is 0.919. The first-order chi connectivity index (χ1) is 26.3. The summed E-state index contributed by atoms with van der Waals surface area (Å²) in [6, 6.07) is 62.4. The van der Waals surface area contributed by atoms with Gasteiger partial charge in [0.2, 0.25) is 0 Å². The standard InChI is InChI=1S/C50H28OS2/c1-2-13-29(14-3-1)45-27-40-46(52-45)28-41(49-37-21-9-11-24-44(37)53-50(40)49)48-34-19-6-4-17-32(34)47(33-18-5-7-20-35(33)48)36-22-12-15-30-25-39-31-16-8-10-23-42(31)51-43(39)26-38(30)36/h1-28H. The van der Waals surface area contributed by atoms with E-state index in [1.165, 1.54) is 95.3 Å². The molecule has 0 aliphatic carbocycles. The summed E-state index contributed by atoms with van der Waals surface area (Å²) in [6.07, 6.45) is 0. The Morgan fingerprint density at radius 2 is 1.00 bits per heavy atom. The molecule has 0 aliphatic rings. The van der Waals surface area contributed by atoms with Crippen molar-refractivity contribution in [3.63, 3.8) is 0 Å². The molecule has 1 nitrogen and oxygen atoms in total. The average molecular weight is 709 g/mol. The van der Waals surface area contributed by atoms with Gasteiger partial charge in [0, 0.05) is 45.9 Å². The third-order valence-electron chi connectivity index (χ3n) is 11.1. The zero-order valence-electron chi connectivity index (χ0n) is 28.4. The zero-order chi connectivity index (χ0) is 34.6. The molecule has 0 atom stereocenters. The average Bonchev–Trinajstić information content (AvgIpc) is 3.93. The molecular weight excluding hydrogens is 681 g/mol. The number of thiophene rings is 2. The van der Waals surface area contributed by atoms with Gasteiger partial charge in [-0.3, -0.25) is 0 Å². The van der Waals surface area contributed by atoms with Gasteiger partial charge in [-0.25, -0.2) is 0 Å². The van der Waals surface area contributed by atoms with Gasteiger partial charge in [-0.1, -0.05) is 133 Å². The maximum absolute atomic E-state index is 6.44. The van der Waals surface area contributed by atoms with E-state index in [-0.39, 0.29) is 0 Å². The van der Waals surface area contributed by atoms with Gasteiger partial charge in [-0.15, -0.1) is 22.7 Å². The third-order valence-corrected chi connectivity index (χ3v) is 13.4. The van der Waals surface area contributed by atoms with Gasteiger partial charge < -0.3 is 4.42 Å². The highest BCUT2D eigenvalue weighted by molar-refractivity contribution is 7.28. The number of fused-ring (bicyclic) bond motifs is 11. The van der Waals surface area contributed by atoms with Gasteiger partial charge >= 0.3 is 0 Å². The van der Waals surface area contributed by atoms with Crippen molar-refractivity contribution in [3.8, 4) is 32.7 Å². The Morgan fingerprint density at radius 1 is 0.358 bits per heavy atom. The maximum atomic E-state index is 6.44. The second-order valence-corrected chi connectivity index (χ2v) is 16.1. The molecule has 0 bridgehead atoms. The lowest BCUT2D eigenvalue weighted by molar-refractivity contribution is 0.669. The quantitative estimate of drug-likeness (QED) is 0.167. The lowest BCUT2D eigenvalue weighted by Gasteiger charge is -2.19. The van der Waals surface area contributed by atoms with E-state index in [2.05, 4.69) is 164 Å². The first kappa shape index (κ1) is 29.3. The Bertz CT molecular complexity index is 3390. The monoisotopic (exact) mass is 708 g/mol. The molecule has 246 valence electrons. The predicted octanol–water partition coefficient (Wildman–Crippen LogP) is 15.6. The van der Waals surface area contributed by atoms with Gasteiger partial charge in [0.05, 0.1) is 0 Å². The molecule has 0 spiro atoms. The maximum Gasteiger partial charge on any atom is 0.136 e. The number of hydrogen-bond acceptors (Lipinski definition) is 3. The van der Waals surface area contributed by atoms with Crippen molar-refractivity contribution in [2.75, 3.05) is 0 Å². The molecule has 53 heavy (non-hydrogen) atoms. The SMILES string of the molecule is c1ccc(-c2cc3c(cc(-c4c5ccccc5c(-c5cccc6cc7c(cc56)oc5ccccc57)c5ccccc45)c4c5ccccc5sc34)s2)cc1. The van der Waals surface area contributed by atoms with Crippen molar-refractivity contribution in [1.29, 1.82) is 0 Å². The van der Waals surface area contributed by atoms with Crippen molar-refractivity contribution >= 4 is 107 Å². The lowest BCUT2D eigenvalue weighted by Crippen LogP contribution is -1.92. The highest BCUT2D eigenvalue weighted by atomic mass is 32.1. The van der Waals surface area contributed by atoms with Crippen LogP contribution in [-0.2, 0) is 0 Å². The van der Waals surface area contributed by atoms with Crippen LogP contribution in [0, 0.1) is 0 Å². The van der Waals surface area contributed by atoms with E-state index >= 15 is 0 Å². The number of rotatable bonds is 3. The molecule has 9 aromatic carbocycles. The van der Waals surface area contributed by atoms with E-state index in [0.29, 0.717) is 0 Å². The fraction of sp³-hybridized carbons (Fsp3) is 0. The molecule has 3 heteroatoms. The Hall–Kier alpha value is -6.26. The van der Waals surface area contributed by atoms with Gasteiger partial charge in [0.25, 0.3) is 0 Å². The van der Waals surface area contributed by atoms with Crippen LogP contribution >= 0.6 is 22.7 Å². The number of furan rings is 1. The van der Waals surface area contributed by atoms with Crippen LogP contribution in [0.4, 0.5) is 0 Å². The highest BCUT2D eigenvalue weighted by Gasteiger charge is 2.23. The van der Waals surface area contributed by atoms with Gasteiger partial charge in [0.15, 0.2) is 0 Å². The highest BCUT2D eigenvalue weighted by Crippen LogP contribution is 2.52. The predicted molar refractivity (Wildman–Crippen MR) is 231 cm³/mol. The van der Waals surface area contributed by atoms with Crippen molar-refractivity contribution in [2.45, 2.75) is 0 Å². The summed E-state index contributed by atoms with van der Waals surface area (Å²) in [4.78, 5) is 1.30. The molecule has 3 aromatic heterocycles. The molecule has 0 unspecified atom stereocenters. The van der Waals surface area contributed by atoms with Crippen LogP contribution in [0.25, 0.3) is 117 Å². The molecule has 0 saturated heterocycles. The summed E-state index contributed by atoms with van der Waals surface area (Å²) in [5.41, 5.74) is 8.18. The first-order valence-corrected chi connectivity index (χ1v) is 19.6. The van der Waals surface area contributed by atoms with E-state index < -0.39 is 0 Å². The fourth-order valence-electron chi connectivity index (χ4n) is 8.76. The van der Waals surface area contributed by atoms with Crippen molar-refractivity contribution < 1.29 is 4.42 Å². The fourth-order valence-corrected chi connectivity index (χ4v) is 11.2. The number of hydrogen-bond donors (Lipinski definition) is 0. The minimum Gasteiger partial charge on any atom is -0.456 e. The molecule has 0 N–H and O–H groups in total. The molecule has 12 rings (SSSR count). The van der Waals surface area contributed by atoms with Crippen LogP contribution in [-0.4, -0.2) is 0 Å². The van der Waals surface area contributed by atoms with Crippen LogP contribution in [0.2, 0.25) is 0 Å². The molecule has 3 heterocycles. The number of benzene rings is 9. The summed E-state index contributed by atoms with van der Waals surface area (Å²) >= 11 is 3.82. The summed E-state index contributed by atoms with van der Waals surface area (Å²) in [5, 5.41) is 13.7. The van der Waals surface area contributed by atoms with Gasteiger partial charge in [0.1, 0.15) is 11.2 Å². The molecule has 0 radical (unpaired) electrons. The summed E-state index contributed by atoms with van der Waals surface area (Å²) in [5.74, 6) is 0. The smallest absolute Gasteiger partial charge is 0.136 e. The van der Waals surface area contributed by atoms with E-state index in [1.807, 2.05) is 28.7 Å². The summed E-state index contributed by atoms with van der Waals surface area (Å²) in [6.45, 7) is 0. The van der Waals surface area contributed by atoms with E-state index in [4.69, 9.17) is 4.42 Å². The largest absolute Gasteiger partial charge is 0.456 e. The van der Waals surface area contributed by atoms with Crippen molar-refractivity contribution in [2.24, 2.45) is 0 Å². The van der Waals surface area contributed by atoms with Crippen LogP contribution in [0.15, 0.2) is 174 Å². The molecule has 12 aromatic rings. The Kier molecular flexibility index (Phi) is 6.15. The number of para-hydroxylation sites is 1. The summed E-state index contributed by atoms with van der Waals surface area (Å²) < 4.78 is 10.4. The normalized spacial score (nSPS) is 12.2. The summed E-state index contributed by atoms with van der Waals surface area (Å²) in [7, 11) is 0. The molecule has 0 fully saturated rings. The lowest BCUT2D eigenvalue weighted by atomic mass is 9.83. The topological polar surface area (TPSA) is 13.1 Å². The first-order valence-electron chi connectivity index (χ1n) is 18.0. The Balaban J connectivity index is 1.21. The van der Waals surface area contributed by atoms with E-state index in [1.54, 1.807) is 0 Å². The Labute approximate surface area is 312 Å². The molecule has 0 saturated carbocycles. The van der Waals surface area contributed by atoms with Crippen molar-refractivity contribution in [1.82, 2.24) is 0 Å². The van der Waals surface area contributed by atoms with Crippen LogP contribution < -0.4 is 0 Å². The van der Waals surface area contributed by atoms with Crippen molar-refractivity contribution in [3.05, 3.63) is 170 Å². The van der Waals surface area contributed by atoms with Gasteiger partial charge in [-0.2, -0.15) is 0 Å². The Morgan fingerprint density at radius 3 is 1.75 bits per heavy atom. The molecule has 0 aliphatic heterocycles. The molecular formula is C50H28OS2. The zero-order valence-corrected chi connectivity index (χ0v) is 30.0. The third kappa shape index (κ3) is 4.24. The van der Waals surface area contributed by atoms with E-state index in [9.17, 15) is 0 Å². The van der Waals surface area contributed by atoms with Gasteiger partial charge in [-0.05, 0) is 96.5 Å². The van der Waals surface area contributed by atoms with Crippen LogP contribution in [0.3, 0.4) is 0 Å². The van der Waals surface area contributed by atoms with E-state index in [0.717, 1.165) is 21.9 Å².